The molecule has 1 aliphatic rings. The number of hydrogen-bond acceptors (Lipinski definition) is 3. The summed E-state index contributed by atoms with van der Waals surface area (Å²) in [4.78, 5) is 5.10. The number of rotatable bonds is 5. The van der Waals surface area contributed by atoms with Crippen LogP contribution in [0.15, 0.2) is 18.2 Å². The molecule has 1 aromatic rings. The second-order valence-electron chi connectivity index (χ2n) is 6.14. The van der Waals surface area contributed by atoms with Gasteiger partial charge in [-0.25, -0.2) is 0 Å². The molecule has 0 radical (unpaired) electrons. The second-order valence-corrected chi connectivity index (χ2v) is 6.14. The van der Waals surface area contributed by atoms with Gasteiger partial charge < -0.3 is 10.6 Å². The Morgan fingerprint density at radius 1 is 1.20 bits per heavy atom. The van der Waals surface area contributed by atoms with Gasteiger partial charge in [0.25, 0.3) is 0 Å². The number of nitrogens with zero attached hydrogens (tertiary/aromatic N) is 2. The minimum atomic E-state index is 0.219. The van der Waals surface area contributed by atoms with Gasteiger partial charge in [0.1, 0.15) is 0 Å². The zero-order valence-corrected chi connectivity index (χ0v) is 13.2. The van der Waals surface area contributed by atoms with E-state index in [4.69, 9.17) is 5.73 Å². The number of aryl methyl sites for hydroxylation is 1. The summed E-state index contributed by atoms with van der Waals surface area (Å²) in [7, 11) is 0. The highest BCUT2D eigenvalue weighted by atomic mass is 15.3. The van der Waals surface area contributed by atoms with Crippen molar-refractivity contribution in [2.45, 2.75) is 39.7 Å². The lowest BCUT2D eigenvalue weighted by atomic mass is 10.0. The first-order chi connectivity index (χ1) is 9.60. The van der Waals surface area contributed by atoms with Gasteiger partial charge >= 0.3 is 0 Å². The van der Waals surface area contributed by atoms with Crippen LogP contribution in [0, 0.1) is 6.92 Å². The molecule has 0 bridgehead atoms. The van der Waals surface area contributed by atoms with E-state index in [0.29, 0.717) is 0 Å². The van der Waals surface area contributed by atoms with Gasteiger partial charge in [0, 0.05) is 37.9 Å². The molecule has 3 heteroatoms. The van der Waals surface area contributed by atoms with Gasteiger partial charge in [-0.3, -0.25) is 4.90 Å². The molecular weight excluding hydrogens is 246 g/mol. The summed E-state index contributed by atoms with van der Waals surface area (Å²) in [5.74, 6) is 0. The molecule has 0 spiro atoms. The highest BCUT2D eigenvalue weighted by molar-refractivity contribution is 5.55. The lowest BCUT2D eigenvalue weighted by Gasteiger charge is -2.37. The SMILES string of the molecule is CCCN1CCN(c2ccc(C)cc2CC(C)N)CC1. The van der Waals surface area contributed by atoms with Gasteiger partial charge in [0.2, 0.25) is 0 Å². The Kier molecular flexibility index (Phi) is 5.44. The topological polar surface area (TPSA) is 32.5 Å². The highest BCUT2D eigenvalue weighted by Crippen LogP contribution is 2.24. The number of anilines is 1. The maximum absolute atomic E-state index is 6.01. The van der Waals surface area contributed by atoms with Crippen LogP contribution in [-0.2, 0) is 6.42 Å². The van der Waals surface area contributed by atoms with Crippen molar-refractivity contribution in [3.8, 4) is 0 Å². The molecule has 1 atom stereocenters. The third kappa shape index (κ3) is 3.97. The predicted molar refractivity (Wildman–Crippen MR) is 87.5 cm³/mol. The average Bonchev–Trinajstić information content (AvgIpc) is 2.40. The van der Waals surface area contributed by atoms with E-state index in [1.54, 1.807) is 0 Å². The van der Waals surface area contributed by atoms with E-state index in [2.05, 4.69) is 48.8 Å². The van der Waals surface area contributed by atoms with Crippen molar-refractivity contribution in [1.82, 2.24) is 4.90 Å². The van der Waals surface area contributed by atoms with Crippen molar-refractivity contribution in [2.24, 2.45) is 5.73 Å². The van der Waals surface area contributed by atoms with Crippen molar-refractivity contribution in [3.05, 3.63) is 29.3 Å². The van der Waals surface area contributed by atoms with Crippen molar-refractivity contribution in [3.63, 3.8) is 0 Å². The molecule has 0 aromatic heterocycles. The van der Waals surface area contributed by atoms with Crippen LogP contribution in [0.4, 0.5) is 5.69 Å². The number of nitrogens with two attached hydrogens (primary N) is 1. The van der Waals surface area contributed by atoms with Gasteiger partial charge in [-0.1, -0.05) is 24.6 Å². The Labute approximate surface area is 123 Å². The summed E-state index contributed by atoms with van der Waals surface area (Å²) in [6.45, 7) is 12.4. The van der Waals surface area contributed by atoms with Crippen molar-refractivity contribution < 1.29 is 0 Å². The van der Waals surface area contributed by atoms with Crippen molar-refractivity contribution in [2.75, 3.05) is 37.6 Å². The van der Waals surface area contributed by atoms with Gasteiger partial charge in [-0.05, 0) is 44.9 Å². The monoisotopic (exact) mass is 275 g/mol. The van der Waals surface area contributed by atoms with Gasteiger partial charge in [0.15, 0.2) is 0 Å². The van der Waals surface area contributed by atoms with E-state index >= 15 is 0 Å². The average molecular weight is 275 g/mol. The van der Waals surface area contributed by atoms with Crippen molar-refractivity contribution in [1.29, 1.82) is 0 Å². The number of hydrogen-bond donors (Lipinski definition) is 1. The molecule has 1 aliphatic heterocycles. The van der Waals surface area contributed by atoms with Crippen LogP contribution >= 0.6 is 0 Å². The fourth-order valence-corrected chi connectivity index (χ4v) is 3.06. The lowest BCUT2D eigenvalue weighted by molar-refractivity contribution is 0.258. The van der Waals surface area contributed by atoms with Crippen LogP contribution in [0.1, 0.15) is 31.4 Å². The molecule has 1 unspecified atom stereocenters. The van der Waals surface area contributed by atoms with E-state index in [1.165, 1.54) is 42.9 Å². The molecule has 0 aliphatic carbocycles. The standard InChI is InChI=1S/C17H29N3/c1-4-7-19-8-10-20(11-9-19)17-6-5-14(2)12-16(17)13-15(3)18/h5-6,12,15H,4,7-11,13,18H2,1-3H3. The lowest BCUT2D eigenvalue weighted by Crippen LogP contribution is -2.46. The predicted octanol–water partition coefficient (Wildman–Crippen LogP) is 2.42. The molecule has 0 saturated carbocycles. The van der Waals surface area contributed by atoms with Crippen LogP contribution in [0.2, 0.25) is 0 Å². The molecule has 20 heavy (non-hydrogen) atoms. The van der Waals surface area contributed by atoms with Crippen LogP contribution in [0.5, 0.6) is 0 Å². The zero-order chi connectivity index (χ0) is 14.5. The molecule has 2 rings (SSSR count). The summed E-state index contributed by atoms with van der Waals surface area (Å²) in [6, 6.07) is 7.02. The fourth-order valence-electron chi connectivity index (χ4n) is 3.06. The molecule has 1 fully saturated rings. The maximum Gasteiger partial charge on any atom is 0.0400 e. The van der Waals surface area contributed by atoms with Crippen LogP contribution in [0.25, 0.3) is 0 Å². The minimum absolute atomic E-state index is 0.219. The van der Waals surface area contributed by atoms with Crippen LogP contribution < -0.4 is 10.6 Å². The Balaban J connectivity index is 2.09. The first kappa shape index (κ1) is 15.3. The summed E-state index contributed by atoms with van der Waals surface area (Å²) in [6.07, 6.45) is 2.21. The molecule has 3 nitrogen and oxygen atoms in total. The quantitative estimate of drug-likeness (QED) is 0.896. The summed E-state index contributed by atoms with van der Waals surface area (Å²) < 4.78 is 0. The van der Waals surface area contributed by atoms with E-state index in [-0.39, 0.29) is 6.04 Å². The number of piperazine rings is 1. The van der Waals surface area contributed by atoms with Crippen LogP contribution in [0.3, 0.4) is 0 Å². The summed E-state index contributed by atoms with van der Waals surface area (Å²) >= 11 is 0. The Morgan fingerprint density at radius 3 is 2.50 bits per heavy atom. The van der Waals surface area contributed by atoms with E-state index < -0.39 is 0 Å². The second kappa shape index (κ2) is 7.09. The van der Waals surface area contributed by atoms with Gasteiger partial charge in [0.05, 0.1) is 0 Å². The van der Waals surface area contributed by atoms with Crippen molar-refractivity contribution >= 4 is 5.69 Å². The molecule has 1 saturated heterocycles. The highest BCUT2D eigenvalue weighted by Gasteiger charge is 2.18. The van der Waals surface area contributed by atoms with Gasteiger partial charge in [-0.2, -0.15) is 0 Å². The Bertz CT molecular complexity index is 420. The van der Waals surface area contributed by atoms with E-state index in [1.807, 2.05) is 0 Å². The third-order valence-electron chi connectivity index (χ3n) is 4.03. The molecule has 0 amide bonds. The number of benzene rings is 1. The molecule has 112 valence electrons. The van der Waals surface area contributed by atoms with Crippen LogP contribution in [-0.4, -0.2) is 43.7 Å². The first-order valence-corrected chi connectivity index (χ1v) is 7.92. The fraction of sp³-hybridized carbons (Fsp3) is 0.647. The Hall–Kier alpha value is -1.06. The first-order valence-electron chi connectivity index (χ1n) is 7.92. The maximum atomic E-state index is 6.01. The van der Waals surface area contributed by atoms with Gasteiger partial charge in [-0.15, -0.1) is 0 Å². The normalized spacial score (nSPS) is 18.3. The third-order valence-corrected chi connectivity index (χ3v) is 4.03. The zero-order valence-electron chi connectivity index (χ0n) is 13.2. The molecule has 2 N–H and O–H groups in total. The summed E-state index contributed by atoms with van der Waals surface area (Å²) in [5, 5.41) is 0. The Morgan fingerprint density at radius 2 is 1.90 bits per heavy atom. The minimum Gasteiger partial charge on any atom is -0.369 e. The largest absolute Gasteiger partial charge is 0.369 e. The molecular formula is C17H29N3. The van der Waals surface area contributed by atoms with E-state index in [9.17, 15) is 0 Å². The summed E-state index contributed by atoms with van der Waals surface area (Å²) in [5.41, 5.74) is 10.1. The molecule has 1 aromatic carbocycles. The smallest absolute Gasteiger partial charge is 0.0400 e. The molecule has 1 heterocycles. The van der Waals surface area contributed by atoms with E-state index in [0.717, 1.165) is 19.5 Å².